The smallest absolute Gasteiger partial charge is 0.267 e. The summed E-state index contributed by atoms with van der Waals surface area (Å²) in [7, 11) is 0. The topological polar surface area (TPSA) is 57.7 Å². The zero-order chi connectivity index (χ0) is 24.0. The number of carbonyl (C=O) groups excluding carboxylic acids is 3. The molecule has 3 aromatic carbocycles. The van der Waals surface area contributed by atoms with Gasteiger partial charge in [-0.05, 0) is 23.8 Å². The van der Waals surface area contributed by atoms with Crippen molar-refractivity contribution in [1.82, 2.24) is 10.0 Å². The van der Waals surface area contributed by atoms with E-state index in [1.165, 1.54) is 12.1 Å². The summed E-state index contributed by atoms with van der Waals surface area (Å²) >= 11 is 37.1. The summed E-state index contributed by atoms with van der Waals surface area (Å²) in [6.07, 6.45) is 0. The highest BCUT2D eigenvalue weighted by Crippen LogP contribution is 2.45. The molecule has 1 aliphatic heterocycles. The zero-order valence-corrected chi connectivity index (χ0v) is 20.7. The number of hydrogen-bond donors (Lipinski definition) is 0. The van der Waals surface area contributed by atoms with Crippen molar-refractivity contribution in [2.75, 3.05) is 0 Å². The third-order valence-electron chi connectivity index (χ3n) is 4.94. The quantitative estimate of drug-likeness (QED) is 0.188. The standard InChI is InChI=1S/C22H10Cl6N2O3/c23-12-7-3-1-5-10(12)9-29(20(31)11-6-2-4-8-13(11)24)30-21(32)14-15(22(30)33)17(26)19(28)18(27)16(14)25/h1-8H,9H2. The highest BCUT2D eigenvalue weighted by Gasteiger charge is 2.46. The number of rotatable bonds is 4. The Morgan fingerprint density at radius 3 is 1.70 bits per heavy atom. The van der Waals surface area contributed by atoms with Crippen LogP contribution >= 0.6 is 69.6 Å². The molecule has 0 spiro atoms. The number of imide groups is 1. The summed E-state index contributed by atoms with van der Waals surface area (Å²) in [5.41, 5.74) is 0.0368. The van der Waals surface area contributed by atoms with Crippen LogP contribution in [-0.2, 0) is 6.54 Å². The summed E-state index contributed by atoms with van der Waals surface area (Å²) in [6.45, 7) is -0.230. The number of carbonyl (C=O) groups is 3. The van der Waals surface area contributed by atoms with E-state index in [0.29, 0.717) is 15.6 Å². The lowest BCUT2D eigenvalue weighted by atomic mass is 10.1. The van der Waals surface area contributed by atoms with Crippen LogP contribution in [-0.4, -0.2) is 27.7 Å². The second-order valence-corrected chi connectivity index (χ2v) is 9.19. The normalized spacial score (nSPS) is 12.8. The van der Waals surface area contributed by atoms with Crippen LogP contribution in [0.3, 0.4) is 0 Å². The number of benzene rings is 3. The Labute approximate surface area is 218 Å². The van der Waals surface area contributed by atoms with Crippen LogP contribution in [0.5, 0.6) is 0 Å². The van der Waals surface area contributed by atoms with Gasteiger partial charge in [-0.1, -0.05) is 99.9 Å². The number of nitrogens with zero attached hydrogens (tertiary/aromatic N) is 2. The van der Waals surface area contributed by atoms with Gasteiger partial charge in [-0.2, -0.15) is 5.01 Å². The largest absolute Gasteiger partial charge is 0.282 e. The predicted octanol–water partition coefficient (Wildman–Crippen LogP) is 7.46. The molecule has 0 aliphatic carbocycles. The fraction of sp³-hybridized carbons (Fsp3) is 0.0455. The molecule has 0 atom stereocenters. The summed E-state index contributed by atoms with van der Waals surface area (Å²) < 4.78 is 0. The van der Waals surface area contributed by atoms with Crippen molar-refractivity contribution < 1.29 is 14.4 Å². The first kappa shape index (κ1) is 24.1. The highest BCUT2D eigenvalue weighted by atomic mass is 35.5. The van der Waals surface area contributed by atoms with E-state index in [4.69, 9.17) is 69.6 Å². The van der Waals surface area contributed by atoms with Gasteiger partial charge >= 0.3 is 0 Å². The van der Waals surface area contributed by atoms with Gasteiger partial charge in [-0.25, -0.2) is 5.01 Å². The maximum absolute atomic E-state index is 13.5. The van der Waals surface area contributed by atoms with Gasteiger partial charge in [-0.15, -0.1) is 0 Å². The third kappa shape index (κ3) is 4.08. The summed E-state index contributed by atoms with van der Waals surface area (Å²) in [5, 5.41) is 1.18. The third-order valence-corrected chi connectivity index (χ3v) is 7.44. The number of fused-ring (bicyclic) bond motifs is 1. The molecule has 0 N–H and O–H groups in total. The molecule has 0 aromatic heterocycles. The molecule has 33 heavy (non-hydrogen) atoms. The van der Waals surface area contributed by atoms with Crippen LogP contribution in [0.4, 0.5) is 0 Å². The van der Waals surface area contributed by atoms with Crippen LogP contribution in [0, 0.1) is 0 Å². The average molecular weight is 563 g/mol. The molecule has 3 aromatic rings. The number of halogens is 6. The number of amides is 3. The molecule has 0 saturated carbocycles. The van der Waals surface area contributed by atoms with Crippen LogP contribution in [0.2, 0.25) is 30.1 Å². The fourth-order valence-electron chi connectivity index (χ4n) is 3.35. The van der Waals surface area contributed by atoms with Crippen LogP contribution < -0.4 is 0 Å². The first-order valence-corrected chi connectivity index (χ1v) is 11.5. The lowest BCUT2D eigenvalue weighted by molar-refractivity contribution is 0.000892. The molecule has 1 aliphatic rings. The number of hydrogen-bond acceptors (Lipinski definition) is 3. The Bertz CT molecular complexity index is 1300. The van der Waals surface area contributed by atoms with Gasteiger partial charge < -0.3 is 0 Å². The van der Waals surface area contributed by atoms with E-state index in [9.17, 15) is 14.4 Å². The van der Waals surface area contributed by atoms with E-state index < -0.39 is 17.7 Å². The van der Waals surface area contributed by atoms with Crippen LogP contribution in [0.1, 0.15) is 36.6 Å². The molecular weight excluding hydrogens is 553 g/mol. The molecule has 5 nitrogen and oxygen atoms in total. The zero-order valence-electron chi connectivity index (χ0n) is 16.2. The lowest BCUT2D eigenvalue weighted by Gasteiger charge is -2.30. The minimum atomic E-state index is -0.895. The highest BCUT2D eigenvalue weighted by molar-refractivity contribution is 6.55. The van der Waals surface area contributed by atoms with Crippen molar-refractivity contribution >= 4 is 87.3 Å². The van der Waals surface area contributed by atoms with E-state index in [2.05, 4.69) is 0 Å². The van der Waals surface area contributed by atoms with Crippen molar-refractivity contribution in [3.63, 3.8) is 0 Å². The van der Waals surface area contributed by atoms with Crippen molar-refractivity contribution in [3.8, 4) is 0 Å². The molecule has 1 heterocycles. The molecular formula is C22H10Cl6N2O3. The van der Waals surface area contributed by atoms with Gasteiger partial charge in [0.15, 0.2) is 0 Å². The average Bonchev–Trinajstić information content (AvgIpc) is 3.06. The predicted molar refractivity (Wildman–Crippen MR) is 130 cm³/mol. The van der Waals surface area contributed by atoms with Gasteiger partial charge in [-0.3, -0.25) is 14.4 Å². The fourth-order valence-corrected chi connectivity index (χ4v) is 4.78. The molecule has 4 rings (SSSR count). The SMILES string of the molecule is O=C(c1ccccc1Cl)N(Cc1ccccc1Cl)N1C(=O)c2c(Cl)c(Cl)c(Cl)c(Cl)c2C1=O. The van der Waals surface area contributed by atoms with Crippen molar-refractivity contribution in [2.24, 2.45) is 0 Å². The van der Waals surface area contributed by atoms with Gasteiger partial charge in [0, 0.05) is 5.02 Å². The molecule has 11 heteroatoms. The van der Waals surface area contributed by atoms with Gasteiger partial charge in [0.1, 0.15) is 0 Å². The summed E-state index contributed by atoms with van der Waals surface area (Å²) in [4.78, 5) is 40.3. The van der Waals surface area contributed by atoms with E-state index in [1.807, 2.05) is 0 Å². The molecule has 0 bridgehead atoms. The van der Waals surface area contributed by atoms with E-state index in [1.54, 1.807) is 36.4 Å². The Morgan fingerprint density at radius 1 is 0.697 bits per heavy atom. The lowest BCUT2D eigenvalue weighted by Crippen LogP contribution is -2.49. The summed E-state index contributed by atoms with van der Waals surface area (Å²) in [5.74, 6) is -2.51. The second kappa shape index (κ2) is 9.34. The maximum atomic E-state index is 13.5. The number of hydrazine groups is 1. The molecule has 3 amide bonds. The Morgan fingerprint density at radius 2 is 1.18 bits per heavy atom. The minimum Gasteiger partial charge on any atom is -0.267 e. The van der Waals surface area contributed by atoms with Crippen LogP contribution in [0.15, 0.2) is 48.5 Å². The van der Waals surface area contributed by atoms with Crippen molar-refractivity contribution in [3.05, 3.63) is 101 Å². The minimum absolute atomic E-state index is 0.0658. The Hall–Kier alpha value is -1.99. The summed E-state index contributed by atoms with van der Waals surface area (Å²) in [6, 6.07) is 12.9. The van der Waals surface area contributed by atoms with Crippen molar-refractivity contribution in [2.45, 2.75) is 6.54 Å². The monoisotopic (exact) mass is 560 g/mol. The van der Waals surface area contributed by atoms with Gasteiger partial charge in [0.05, 0.1) is 48.3 Å². The van der Waals surface area contributed by atoms with Gasteiger partial charge in [0.2, 0.25) is 0 Å². The van der Waals surface area contributed by atoms with Crippen LogP contribution in [0.25, 0.3) is 0 Å². The first-order valence-electron chi connectivity index (χ1n) is 9.19. The molecule has 0 saturated heterocycles. The second-order valence-electron chi connectivity index (χ2n) is 6.86. The van der Waals surface area contributed by atoms with E-state index >= 15 is 0 Å². The van der Waals surface area contributed by atoms with E-state index in [-0.39, 0.29) is 48.3 Å². The van der Waals surface area contributed by atoms with E-state index in [0.717, 1.165) is 5.01 Å². The molecule has 0 radical (unpaired) electrons. The first-order chi connectivity index (χ1) is 15.6. The van der Waals surface area contributed by atoms with Gasteiger partial charge in [0.25, 0.3) is 17.7 Å². The molecule has 168 valence electrons. The Balaban J connectivity index is 1.88. The molecule has 0 unspecified atom stereocenters. The molecule has 0 fully saturated rings. The van der Waals surface area contributed by atoms with Crippen molar-refractivity contribution in [1.29, 1.82) is 0 Å². The Kier molecular flexibility index (Phi) is 6.83. The maximum Gasteiger partial charge on any atom is 0.282 e.